The first kappa shape index (κ1) is 14.1. The molecular formula is C16H22N4O. The Morgan fingerprint density at radius 3 is 3.10 bits per heavy atom. The zero-order valence-electron chi connectivity index (χ0n) is 12.2. The Morgan fingerprint density at radius 1 is 1.43 bits per heavy atom. The van der Waals surface area contributed by atoms with Crippen LogP contribution in [0.5, 0.6) is 0 Å². The van der Waals surface area contributed by atoms with E-state index in [1.807, 2.05) is 35.0 Å². The topological polar surface area (TPSA) is 72.4 Å². The van der Waals surface area contributed by atoms with Gasteiger partial charge in [0.05, 0.1) is 5.69 Å². The summed E-state index contributed by atoms with van der Waals surface area (Å²) in [6.45, 7) is 0.630. The van der Waals surface area contributed by atoms with Gasteiger partial charge in [0.1, 0.15) is 5.65 Å². The highest BCUT2D eigenvalue weighted by Gasteiger charge is 2.25. The van der Waals surface area contributed by atoms with E-state index in [1.54, 1.807) is 0 Å². The Hall–Kier alpha value is -1.88. The first-order chi connectivity index (χ1) is 10.2. The third-order valence-corrected chi connectivity index (χ3v) is 4.28. The second-order valence-corrected chi connectivity index (χ2v) is 5.86. The van der Waals surface area contributed by atoms with E-state index in [2.05, 4.69) is 10.3 Å². The second kappa shape index (κ2) is 6.26. The Balaban J connectivity index is 1.46. The number of aromatic nitrogens is 2. The number of fused-ring (bicyclic) bond motifs is 1. The van der Waals surface area contributed by atoms with Gasteiger partial charge < -0.3 is 15.5 Å². The molecule has 5 heteroatoms. The van der Waals surface area contributed by atoms with Crippen molar-refractivity contribution in [1.29, 1.82) is 0 Å². The maximum Gasteiger partial charge on any atom is 0.220 e. The number of imidazole rings is 1. The normalized spacial score (nSPS) is 21.8. The van der Waals surface area contributed by atoms with Crippen LogP contribution >= 0.6 is 0 Å². The van der Waals surface area contributed by atoms with Gasteiger partial charge in [0.15, 0.2) is 0 Å². The zero-order valence-corrected chi connectivity index (χ0v) is 12.2. The molecule has 2 aromatic rings. The Kier molecular flexibility index (Phi) is 4.20. The monoisotopic (exact) mass is 286 g/mol. The minimum absolute atomic E-state index is 0.112. The average molecular weight is 286 g/mol. The predicted molar refractivity (Wildman–Crippen MR) is 81.8 cm³/mol. The van der Waals surface area contributed by atoms with E-state index in [1.165, 1.54) is 0 Å². The molecule has 1 amide bonds. The maximum absolute atomic E-state index is 11.9. The number of nitrogens with two attached hydrogens (primary N) is 1. The molecule has 2 atom stereocenters. The fraction of sp³-hybridized carbons (Fsp3) is 0.500. The van der Waals surface area contributed by atoms with Gasteiger partial charge in [-0.15, -0.1) is 0 Å². The molecule has 0 bridgehead atoms. The standard InChI is InChI=1S/C16H22N4O/c17-14-5-3-4-12(14)10-16(21)18-8-7-13-11-20-9-2-1-6-15(20)19-13/h1-2,6,9,11-12,14H,3-5,7-8,10,17H2,(H,18,21)/t12-,14+/m0/s1. The van der Waals surface area contributed by atoms with E-state index in [4.69, 9.17) is 5.73 Å². The molecule has 0 radical (unpaired) electrons. The summed E-state index contributed by atoms with van der Waals surface area (Å²) in [5.41, 5.74) is 7.94. The molecule has 112 valence electrons. The van der Waals surface area contributed by atoms with E-state index in [0.717, 1.165) is 37.0 Å². The molecule has 1 fully saturated rings. The van der Waals surface area contributed by atoms with Crippen LogP contribution in [-0.2, 0) is 11.2 Å². The molecule has 1 aliphatic rings. The lowest BCUT2D eigenvalue weighted by atomic mass is 10.00. The van der Waals surface area contributed by atoms with Crippen molar-refractivity contribution in [1.82, 2.24) is 14.7 Å². The summed E-state index contributed by atoms with van der Waals surface area (Å²) in [6, 6.07) is 6.13. The molecule has 0 aliphatic heterocycles. The number of hydrogen-bond donors (Lipinski definition) is 2. The highest BCUT2D eigenvalue weighted by atomic mass is 16.1. The van der Waals surface area contributed by atoms with Crippen molar-refractivity contribution in [3.63, 3.8) is 0 Å². The van der Waals surface area contributed by atoms with Gasteiger partial charge in [-0.3, -0.25) is 4.79 Å². The minimum atomic E-state index is 0.112. The maximum atomic E-state index is 11.9. The van der Waals surface area contributed by atoms with Crippen molar-refractivity contribution in [2.45, 2.75) is 38.1 Å². The van der Waals surface area contributed by atoms with Gasteiger partial charge in [0, 0.05) is 37.8 Å². The molecular weight excluding hydrogens is 264 g/mol. The van der Waals surface area contributed by atoms with Gasteiger partial charge >= 0.3 is 0 Å². The van der Waals surface area contributed by atoms with Crippen molar-refractivity contribution in [3.8, 4) is 0 Å². The van der Waals surface area contributed by atoms with Crippen LogP contribution in [0.3, 0.4) is 0 Å². The van der Waals surface area contributed by atoms with Gasteiger partial charge in [-0.25, -0.2) is 4.98 Å². The van der Waals surface area contributed by atoms with Crippen LogP contribution in [0.4, 0.5) is 0 Å². The molecule has 3 N–H and O–H groups in total. The third-order valence-electron chi connectivity index (χ3n) is 4.28. The van der Waals surface area contributed by atoms with Gasteiger partial charge in [0.2, 0.25) is 5.91 Å². The minimum Gasteiger partial charge on any atom is -0.356 e. The van der Waals surface area contributed by atoms with E-state index in [-0.39, 0.29) is 11.9 Å². The molecule has 0 aromatic carbocycles. The number of rotatable bonds is 5. The SMILES string of the molecule is N[C@@H]1CCC[C@H]1CC(=O)NCCc1cn2ccccc2n1. The largest absolute Gasteiger partial charge is 0.356 e. The second-order valence-electron chi connectivity index (χ2n) is 5.86. The summed E-state index contributed by atoms with van der Waals surface area (Å²) in [5.74, 6) is 0.473. The highest BCUT2D eigenvalue weighted by molar-refractivity contribution is 5.76. The Bertz CT molecular complexity index is 589. The number of pyridine rings is 1. The van der Waals surface area contributed by atoms with E-state index < -0.39 is 0 Å². The molecule has 0 saturated heterocycles. The van der Waals surface area contributed by atoms with Crippen LogP contribution in [0.1, 0.15) is 31.4 Å². The summed E-state index contributed by atoms with van der Waals surface area (Å²) >= 11 is 0. The fourth-order valence-electron chi connectivity index (χ4n) is 3.07. The molecule has 2 heterocycles. The van der Waals surface area contributed by atoms with Gasteiger partial charge in [0.25, 0.3) is 0 Å². The molecule has 21 heavy (non-hydrogen) atoms. The lowest BCUT2D eigenvalue weighted by Crippen LogP contribution is -2.32. The molecule has 0 unspecified atom stereocenters. The van der Waals surface area contributed by atoms with Crippen molar-refractivity contribution in [2.24, 2.45) is 11.7 Å². The molecule has 3 rings (SSSR count). The number of nitrogens with one attached hydrogen (secondary N) is 1. The summed E-state index contributed by atoms with van der Waals surface area (Å²) in [4.78, 5) is 16.4. The fourth-order valence-corrected chi connectivity index (χ4v) is 3.07. The molecule has 5 nitrogen and oxygen atoms in total. The average Bonchev–Trinajstić information content (AvgIpc) is 3.05. The summed E-state index contributed by atoms with van der Waals surface area (Å²) in [5, 5.41) is 2.98. The quantitative estimate of drug-likeness (QED) is 0.875. The predicted octanol–water partition coefficient (Wildman–Crippen LogP) is 1.51. The number of hydrogen-bond acceptors (Lipinski definition) is 3. The smallest absolute Gasteiger partial charge is 0.220 e. The number of carbonyl (C=O) groups is 1. The van der Waals surface area contributed by atoms with Crippen molar-refractivity contribution < 1.29 is 4.79 Å². The van der Waals surface area contributed by atoms with Crippen molar-refractivity contribution >= 4 is 11.6 Å². The van der Waals surface area contributed by atoms with Gasteiger partial charge in [-0.2, -0.15) is 0 Å². The zero-order chi connectivity index (χ0) is 14.7. The number of nitrogens with zero attached hydrogens (tertiary/aromatic N) is 2. The van der Waals surface area contributed by atoms with Gasteiger partial charge in [-0.1, -0.05) is 12.5 Å². The molecule has 1 saturated carbocycles. The summed E-state index contributed by atoms with van der Waals surface area (Å²) in [6.07, 6.45) is 8.59. The van der Waals surface area contributed by atoms with E-state index in [9.17, 15) is 4.79 Å². The van der Waals surface area contributed by atoms with Crippen LogP contribution in [0.15, 0.2) is 30.6 Å². The van der Waals surface area contributed by atoms with Crippen molar-refractivity contribution in [2.75, 3.05) is 6.54 Å². The van der Waals surface area contributed by atoms with Crippen LogP contribution in [0.25, 0.3) is 5.65 Å². The highest BCUT2D eigenvalue weighted by Crippen LogP contribution is 2.26. The summed E-state index contributed by atoms with van der Waals surface area (Å²) in [7, 11) is 0. The van der Waals surface area contributed by atoms with Gasteiger partial charge in [-0.05, 0) is 30.9 Å². The summed E-state index contributed by atoms with van der Waals surface area (Å²) < 4.78 is 1.99. The third kappa shape index (κ3) is 3.42. The number of carbonyl (C=O) groups excluding carboxylic acids is 1. The van der Waals surface area contributed by atoms with E-state index >= 15 is 0 Å². The molecule has 1 aliphatic carbocycles. The first-order valence-corrected chi connectivity index (χ1v) is 7.67. The van der Waals surface area contributed by atoms with Crippen molar-refractivity contribution in [3.05, 3.63) is 36.3 Å². The van der Waals surface area contributed by atoms with Crippen LogP contribution in [0, 0.1) is 5.92 Å². The molecule has 2 aromatic heterocycles. The van der Waals surface area contributed by atoms with Crippen LogP contribution < -0.4 is 11.1 Å². The van der Waals surface area contributed by atoms with E-state index in [0.29, 0.717) is 18.9 Å². The molecule has 0 spiro atoms. The van der Waals surface area contributed by atoms with Crippen LogP contribution in [-0.4, -0.2) is 27.9 Å². The Morgan fingerprint density at radius 2 is 2.33 bits per heavy atom. The Labute approximate surface area is 124 Å². The number of amides is 1. The first-order valence-electron chi connectivity index (χ1n) is 7.67. The lowest BCUT2D eigenvalue weighted by molar-refractivity contribution is -0.122. The lowest BCUT2D eigenvalue weighted by Gasteiger charge is -2.14. The van der Waals surface area contributed by atoms with Crippen LogP contribution in [0.2, 0.25) is 0 Å².